The second kappa shape index (κ2) is 5.43. The lowest BCUT2D eigenvalue weighted by Crippen LogP contribution is -2.69. The molecule has 3 heteroatoms. The molecule has 0 saturated heterocycles. The van der Waals surface area contributed by atoms with Crippen LogP contribution >= 0.6 is 0 Å². The predicted octanol–water partition coefficient (Wildman–Crippen LogP) is 3.70. The highest BCUT2D eigenvalue weighted by Crippen LogP contribution is 2.89. The summed E-state index contributed by atoms with van der Waals surface area (Å²) in [5.41, 5.74) is 1.96. The zero-order valence-corrected chi connectivity index (χ0v) is 15.7. The van der Waals surface area contributed by atoms with Gasteiger partial charge in [-0.25, -0.2) is 0 Å². The molecule has 5 saturated carbocycles. The summed E-state index contributed by atoms with van der Waals surface area (Å²) in [6, 6.07) is 10.3. The topological polar surface area (TPSA) is 49.7 Å². The molecule has 1 aromatic rings. The third-order valence-corrected chi connectivity index (χ3v) is 8.66. The third-order valence-electron chi connectivity index (χ3n) is 8.66. The van der Waals surface area contributed by atoms with Crippen molar-refractivity contribution in [3.63, 3.8) is 0 Å². The van der Waals surface area contributed by atoms with Crippen molar-refractivity contribution in [1.29, 1.82) is 0 Å². The summed E-state index contributed by atoms with van der Waals surface area (Å²) in [7, 11) is 0. The van der Waals surface area contributed by atoms with Crippen molar-refractivity contribution in [2.75, 3.05) is 6.61 Å². The molecule has 0 aromatic heterocycles. The maximum atomic E-state index is 10.9. The smallest absolute Gasteiger partial charge is 0.0717 e. The number of aliphatic hydroxyl groups is 2. The Morgan fingerprint density at radius 3 is 2.73 bits per heavy atom. The van der Waals surface area contributed by atoms with E-state index >= 15 is 0 Å². The fraction of sp³-hybridized carbons (Fsp3) is 0.652. The van der Waals surface area contributed by atoms with Gasteiger partial charge in [0, 0.05) is 10.8 Å². The lowest BCUT2D eigenvalue weighted by molar-refractivity contribution is -0.196. The van der Waals surface area contributed by atoms with E-state index in [9.17, 15) is 10.2 Å². The Labute approximate surface area is 156 Å². The summed E-state index contributed by atoms with van der Waals surface area (Å²) < 4.78 is 6.00. The van der Waals surface area contributed by atoms with Crippen molar-refractivity contribution < 1.29 is 14.9 Å². The zero-order chi connectivity index (χ0) is 18.2. The number of benzene rings is 1. The molecule has 2 N–H and O–H groups in total. The van der Waals surface area contributed by atoms with Gasteiger partial charge in [0.2, 0.25) is 0 Å². The molecular weight excluding hydrogens is 324 g/mol. The lowest BCUT2D eigenvalue weighted by Gasteiger charge is -2.70. The first kappa shape index (κ1) is 17.0. The average molecular weight is 354 g/mol. The monoisotopic (exact) mass is 354 g/mol. The van der Waals surface area contributed by atoms with Crippen LogP contribution in [0.25, 0.3) is 0 Å². The van der Waals surface area contributed by atoms with Gasteiger partial charge in [-0.2, -0.15) is 0 Å². The summed E-state index contributed by atoms with van der Waals surface area (Å²) in [6.45, 7) is 8.22. The standard InChI is InChI=1S/C23H30O3/c1-15-22(12-20(25)23(15)19(24)9-6-10-21(22,23)2)18-11-17(18)14-26-13-16-7-4-3-5-8-16/h3-5,7-8,17-20,24-25H,1,6,9-14H2,2H3/t17-,18+,19+,20-,21-,22+,23-/m0/s1. The van der Waals surface area contributed by atoms with Gasteiger partial charge >= 0.3 is 0 Å². The van der Waals surface area contributed by atoms with Gasteiger partial charge in [-0.15, -0.1) is 0 Å². The summed E-state index contributed by atoms with van der Waals surface area (Å²) >= 11 is 0. The summed E-state index contributed by atoms with van der Waals surface area (Å²) in [6.07, 6.45) is 4.07. The first-order valence-electron chi connectivity index (χ1n) is 10.2. The Bertz CT molecular complexity index is 730. The molecule has 1 aromatic carbocycles. The molecule has 5 fully saturated rings. The molecule has 1 spiro atoms. The number of hydrogen-bond acceptors (Lipinski definition) is 3. The molecule has 5 aliphatic rings. The van der Waals surface area contributed by atoms with Gasteiger partial charge in [0.25, 0.3) is 0 Å². The van der Waals surface area contributed by atoms with E-state index in [-0.39, 0.29) is 10.8 Å². The second-order valence-electron chi connectivity index (χ2n) is 9.38. The minimum absolute atomic E-state index is 0.00696. The van der Waals surface area contributed by atoms with Gasteiger partial charge < -0.3 is 14.9 Å². The van der Waals surface area contributed by atoms with Crippen LogP contribution in [0, 0.1) is 28.1 Å². The van der Waals surface area contributed by atoms with E-state index in [1.54, 1.807) is 0 Å². The molecule has 3 nitrogen and oxygen atoms in total. The highest BCUT2D eigenvalue weighted by atomic mass is 16.5. The second-order valence-corrected chi connectivity index (χ2v) is 9.38. The Morgan fingerprint density at radius 1 is 1.19 bits per heavy atom. The molecule has 6 rings (SSSR count). The summed E-state index contributed by atoms with van der Waals surface area (Å²) in [5.74, 6) is 1.13. The van der Waals surface area contributed by atoms with Crippen molar-refractivity contribution in [3.8, 4) is 0 Å². The van der Waals surface area contributed by atoms with E-state index in [0.717, 1.165) is 37.9 Å². The molecule has 7 atom stereocenters. The van der Waals surface area contributed by atoms with Crippen molar-refractivity contribution in [2.45, 2.75) is 57.8 Å². The van der Waals surface area contributed by atoms with Crippen LogP contribution in [-0.4, -0.2) is 29.0 Å². The largest absolute Gasteiger partial charge is 0.392 e. The van der Waals surface area contributed by atoms with Crippen LogP contribution in [-0.2, 0) is 11.3 Å². The normalized spacial score (nSPS) is 48.8. The SMILES string of the molecule is C=C1[C@@]23[C@H](O)CCC[C@@]2(C)[C@]1([C@@H]1C[C@H]1COCc1ccccc1)C[C@@H]3O. The Kier molecular flexibility index (Phi) is 3.55. The fourth-order valence-electron chi connectivity index (χ4n) is 7.54. The lowest BCUT2D eigenvalue weighted by atomic mass is 9.34. The molecule has 0 amide bonds. The van der Waals surface area contributed by atoms with Crippen molar-refractivity contribution in [2.24, 2.45) is 28.1 Å². The quantitative estimate of drug-likeness (QED) is 0.793. The number of ether oxygens (including phenoxy) is 1. The predicted molar refractivity (Wildman–Crippen MR) is 100 cm³/mol. The van der Waals surface area contributed by atoms with Gasteiger partial charge in [-0.1, -0.05) is 55.8 Å². The van der Waals surface area contributed by atoms with Gasteiger partial charge in [-0.05, 0) is 48.5 Å². The number of aliphatic hydroxyl groups excluding tert-OH is 2. The van der Waals surface area contributed by atoms with E-state index < -0.39 is 17.6 Å². The molecular formula is C23H30O3. The van der Waals surface area contributed by atoms with Crippen molar-refractivity contribution >= 4 is 0 Å². The van der Waals surface area contributed by atoms with Gasteiger partial charge in [0.05, 0.1) is 25.4 Å². The van der Waals surface area contributed by atoms with E-state index in [0.29, 0.717) is 18.4 Å². The van der Waals surface area contributed by atoms with Gasteiger partial charge in [0.1, 0.15) is 0 Å². The highest BCUT2D eigenvalue weighted by Gasteiger charge is 2.87. The molecule has 5 aliphatic carbocycles. The molecule has 26 heavy (non-hydrogen) atoms. The fourth-order valence-corrected chi connectivity index (χ4v) is 7.54. The van der Waals surface area contributed by atoms with E-state index in [2.05, 4.69) is 25.6 Å². The maximum absolute atomic E-state index is 10.9. The molecule has 140 valence electrons. The number of hydrogen-bond donors (Lipinski definition) is 2. The van der Waals surface area contributed by atoms with Crippen LogP contribution in [0.2, 0.25) is 0 Å². The van der Waals surface area contributed by atoms with Crippen LogP contribution < -0.4 is 0 Å². The van der Waals surface area contributed by atoms with Crippen LogP contribution in [0.3, 0.4) is 0 Å². The Morgan fingerprint density at radius 2 is 1.96 bits per heavy atom. The molecule has 0 radical (unpaired) electrons. The van der Waals surface area contributed by atoms with Crippen LogP contribution in [0.15, 0.2) is 42.5 Å². The Hall–Kier alpha value is -1.16. The maximum Gasteiger partial charge on any atom is 0.0717 e. The van der Waals surface area contributed by atoms with Gasteiger partial charge in [-0.3, -0.25) is 0 Å². The van der Waals surface area contributed by atoms with Crippen LogP contribution in [0.5, 0.6) is 0 Å². The third kappa shape index (κ3) is 1.75. The molecule has 0 heterocycles. The Balaban J connectivity index is 1.30. The molecule has 2 bridgehead atoms. The molecule has 0 aliphatic heterocycles. The first-order valence-corrected chi connectivity index (χ1v) is 10.2. The average Bonchev–Trinajstić information content (AvgIpc) is 3.30. The minimum atomic E-state index is -0.441. The molecule has 0 unspecified atom stereocenters. The van der Waals surface area contributed by atoms with E-state index in [1.807, 2.05) is 18.2 Å². The van der Waals surface area contributed by atoms with E-state index in [4.69, 9.17) is 4.74 Å². The first-order chi connectivity index (χ1) is 12.5. The number of fused-ring (bicyclic) bond motifs is 1. The number of rotatable bonds is 5. The minimum Gasteiger partial charge on any atom is -0.392 e. The van der Waals surface area contributed by atoms with E-state index in [1.165, 1.54) is 12.0 Å². The summed E-state index contributed by atoms with van der Waals surface area (Å²) in [5, 5.41) is 21.7. The summed E-state index contributed by atoms with van der Waals surface area (Å²) in [4.78, 5) is 0. The highest BCUT2D eigenvalue weighted by molar-refractivity contribution is 5.51. The van der Waals surface area contributed by atoms with Crippen LogP contribution in [0.4, 0.5) is 0 Å². The van der Waals surface area contributed by atoms with Crippen LogP contribution in [0.1, 0.15) is 44.6 Å². The van der Waals surface area contributed by atoms with Gasteiger partial charge in [0.15, 0.2) is 0 Å². The van der Waals surface area contributed by atoms with Crippen molar-refractivity contribution in [3.05, 3.63) is 48.0 Å². The zero-order valence-electron chi connectivity index (χ0n) is 15.7. The van der Waals surface area contributed by atoms with Crippen molar-refractivity contribution in [1.82, 2.24) is 0 Å².